The Morgan fingerprint density at radius 1 is 1.28 bits per heavy atom. The molecule has 1 fully saturated rings. The number of hydrogen-bond acceptors (Lipinski definition) is 5. The quantitative estimate of drug-likeness (QED) is 0.332. The first kappa shape index (κ1) is 26.4. The molecule has 2 aromatic rings. The van der Waals surface area contributed by atoms with Gasteiger partial charge < -0.3 is 19.5 Å². The van der Waals surface area contributed by atoms with Gasteiger partial charge in [-0.1, -0.05) is 38.1 Å². The Hall–Kier alpha value is -1.89. The summed E-state index contributed by atoms with van der Waals surface area (Å²) in [5, 5.41) is 7.21. The minimum absolute atomic E-state index is 0. The number of hydrogen-bond donors (Lipinski definition) is 1. The highest BCUT2D eigenvalue weighted by molar-refractivity contribution is 14.0. The number of nitrogens with zero attached hydrogens (tertiary/aromatic N) is 4. The molecule has 0 spiro atoms. The fourth-order valence-electron chi connectivity index (χ4n) is 3.15. The molecule has 1 aliphatic rings. The number of benzene rings is 1. The first-order valence-electron chi connectivity index (χ1n) is 10.2. The molecule has 32 heavy (non-hydrogen) atoms. The third kappa shape index (κ3) is 6.80. The van der Waals surface area contributed by atoms with E-state index < -0.39 is 17.8 Å². The van der Waals surface area contributed by atoms with E-state index in [0.717, 1.165) is 12.1 Å². The third-order valence-electron chi connectivity index (χ3n) is 4.77. The second-order valence-electron chi connectivity index (χ2n) is 8.36. The molecule has 1 saturated heterocycles. The van der Waals surface area contributed by atoms with E-state index in [4.69, 9.17) is 9.26 Å². The molecule has 178 valence electrons. The van der Waals surface area contributed by atoms with Crippen LogP contribution >= 0.6 is 24.0 Å². The van der Waals surface area contributed by atoms with Gasteiger partial charge in [0.05, 0.1) is 18.7 Å². The van der Waals surface area contributed by atoms with Crippen molar-refractivity contribution in [2.45, 2.75) is 51.9 Å². The van der Waals surface area contributed by atoms with Crippen LogP contribution in [0.2, 0.25) is 0 Å². The first-order valence-corrected chi connectivity index (χ1v) is 10.2. The van der Waals surface area contributed by atoms with Crippen molar-refractivity contribution >= 4 is 29.9 Å². The maximum Gasteiger partial charge on any atom is 0.416 e. The number of rotatable bonds is 4. The lowest BCUT2D eigenvalue weighted by molar-refractivity contribution is -0.137. The molecule has 3 rings (SSSR count). The molecular weight excluding hydrogens is 538 g/mol. The van der Waals surface area contributed by atoms with Gasteiger partial charge >= 0.3 is 6.18 Å². The van der Waals surface area contributed by atoms with E-state index in [-0.39, 0.29) is 35.9 Å². The lowest BCUT2D eigenvalue weighted by Crippen LogP contribution is -2.48. The Morgan fingerprint density at radius 3 is 2.66 bits per heavy atom. The predicted octanol–water partition coefficient (Wildman–Crippen LogP) is 4.54. The molecule has 1 N–H and O–H groups in total. The maximum atomic E-state index is 13.1. The zero-order chi connectivity index (χ0) is 22.6. The molecule has 1 aromatic heterocycles. The van der Waals surface area contributed by atoms with Crippen LogP contribution in [0.5, 0.6) is 0 Å². The minimum atomic E-state index is -4.39. The van der Waals surface area contributed by atoms with Crippen LogP contribution in [0.15, 0.2) is 33.8 Å². The van der Waals surface area contributed by atoms with Crippen molar-refractivity contribution in [1.29, 1.82) is 0 Å². The van der Waals surface area contributed by atoms with E-state index in [1.807, 2.05) is 32.6 Å². The average molecular weight is 567 g/mol. The number of guanidine groups is 1. The van der Waals surface area contributed by atoms with Crippen LogP contribution < -0.4 is 5.32 Å². The number of morpholine rings is 1. The smallest absolute Gasteiger partial charge is 0.370 e. The van der Waals surface area contributed by atoms with Crippen LogP contribution in [0.3, 0.4) is 0 Å². The summed E-state index contributed by atoms with van der Waals surface area (Å²) in [5.74, 6) is 1.64. The molecule has 1 atom stereocenters. The molecule has 7 nitrogen and oxygen atoms in total. The van der Waals surface area contributed by atoms with Crippen LogP contribution in [-0.2, 0) is 22.9 Å². The lowest BCUT2D eigenvalue weighted by atomic mass is 9.97. The topological polar surface area (TPSA) is 75.8 Å². The summed E-state index contributed by atoms with van der Waals surface area (Å²) >= 11 is 0. The van der Waals surface area contributed by atoms with Gasteiger partial charge in [-0.2, -0.15) is 18.2 Å². The molecule has 1 aromatic carbocycles. The SMILES string of the molecule is CCNC(=NCc1noc(C(C)(C)C)n1)N1CCOC(c2cccc(C(F)(F)F)c2)C1.I. The van der Waals surface area contributed by atoms with Gasteiger partial charge in [0.2, 0.25) is 5.89 Å². The van der Waals surface area contributed by atoms with Crippen molar-refractivity contribution < 1.29 is 22.4 Å². The zero-order valence-corrected chi connectivity index (χ0v) is 20.9. The molecule has 1 aliphatic heterocycles. The van der Waals surface area contributed by atoms with Crippen molar-refractivity contribution in [2.75, 3.05) is 26.2 Å². The molecule has 0 bridgehead atoms. The van der Waals surface area contributed by atoms with Gasteiger partial charge in [0.1, 0.15) is 12.6 Å². The normalized spacial score (nSPS) is 17.8. The summed E-state index contributed by atoms with van der Waals surface area (Å²) in [4.78, 5) is 11.0. The van der Waals surface area contributed by atoms with Crippen LogP contribution in [0.1, 0.15) is 56.6 Å². The number of halogens is 4. The van der Waals surface area contributed by atoms with Crippen LogP contribution in [0.25, 0.3) is 0 Å². The molecule has 0 amide bonds. The number of aliphatic imine (C=N–C) groups is 1. The summed E-state index contributed by atoms with van der Waals surface area (Å²) in [6, 6.07) is 5.27. The maximum absolute atomic E-state index is 13.1. The molecular formula is C21H29F3IN5O2. The average Bonchev–Trinajstić information content (AvgIpc) is 3.20. The third-order valence-corrected chi connectivity index (χ3v) is 4.77. The van der Waals surface area contributed by atoms with Crippen LogP contribution in [0.4, 0.5) is 13.2 Å². The Bertz CT molecular complexity index is 911. The minimum Gasteiger partial charge on any atom is -0.370 e. The standard InChI is InChI=1S/C21H28F3N5O2.HI/c1-5-25-19(26-12-17-27-18(31-28-17)20(2,3)4)29-9-10-30-16(13-29)14-7-6-8-15(11-14)21(22,23)24;/h6-8,11,16H,5,9-10,12-13H2,1-4H3,(H,25,26);1H. The van der Waals surface area contributed by atoms with E-state index in [9.17, 15) is 13.2 Å². The first-order chi connectivity index (χ1) is 14.6. The summed E-state index contributed by atoms with van der Waals surface area (Å²) < 4.78 is 50.3. The lowest BCUT2D eigenvalue weighted by Gasteiger charge is -2.35. The Labute approximate surface area is 202 Å². The molecule has 2 heterocycles. The van der Waals surface area contributed by atoms with E-state index >= 15 is 0 Å². The van der Waals surface area contributed by atoms with Crippen molar-refractivity contribution in [3.05, 3.63) is 47.1 Å². The highest BCUT2D eigenvalue weighted by atomic mass is 127. The van der Waals surface area contributed by atoms with Crippen LogP contribution in [0, 0.1) is 0 Å². The second kappa shape index (κ2) is 10.8. The van der Waals surface area contributed by atoms with E-state index in [2.05, 4.69) is 20.4 Å². The molecule has 0 radical (unpaired) electrons. The number of nitrogens with one attached hydrogen (secondary N) is 1. The van der Waals surface area contributed by atoms with Gasteiger partial charge in [0, 0.05) is 18.5 Å². The summed E-state index contributed by atoms with van der Waals surface area (Å²) in [6.07, 6.45) is -4.88. The highest BCUT2D eigenvalue weighted by Gasteiger charge is 2.32. The Kier molecular flexibility index (Phi) is 8.91. The summed E-state index contributed by atoms with van der Waals surface area (Å²) in [6.45, 7) is 10.1. The zero-order valence-electron chi connectivity index (χ0n) is 18.6. The molecule has 0 aliphatic carbocycles. The second-order valence-corrected chi connectivity index (χ2v) is 8.36. The number of ether oxygens (including phenoxy) is 1. The van der Waals surface area contributed by atoms with Gasteiger partial charge in [-0.25, -0.2) is 4.99 Å². The monoisotopic (exact) mass is 567 g/mol. The van der Waals surface area contributed by atoms with E-state index in [1.165, 1.54) is 6.07 Å². The number of aromatic nitrogens is 2. The Balaban J connectivity index is 0.00000363. The van der Waals surface area contributed by atoms with Gasteiger partial charge in [-0.3, -0.25) is 0 Å². The van der Waals surface area contributed by atoms with Crippen molar-refractivity contribution in [3.8, 4) is 0 Å². The fourth-order valence-corrected chi connectivity index (χ4v) is 3.15. The molecule has 0 saturated carbocycles. The molecule has 1 unspecified atom stereocenters. The van der Waals surface area contributed by atoms with Crippen molar-refractivity contribution in [1.82, 2.24) is 20.4 Å². The van der Waals surface area contributed by atoms with Gasteiger partial charge in [-0.15, -0.1) is 24.0 Å². The fraction of sp³-hybridized carbons (Fsp3) is 0.571. The number of alkyl halides is 3. The summed E-state index contributed by atoms with van der Waals surface area (Å²) in [5.41, 5.74) is -0.441. The van der Waals surface area contributed by atoms with Gasteiger partial charge in [0.15, 0.2) is 11.8 Å². The van der Waals surface area contributed by atoms with E-state index in [1.54, 1.807) is 6.07 Å². The predicted molar refractivity (Wildman–Crippen MR) is 125 cm³/mol. The largest absolute Gasteiger partial charge is 0.416 e. The van der Waals surface area contributed by atoms with Crippen LogP contribution in [-0.4, -0.2) is 47.2 Å². The van der Waals surface area contributed by atoms with Crippen molar-refractivity contribution in [3.63, 3.8) is 0 Å². The Morgan fingerprint density at radius 2 is 2.03 bits per heavy atom. The molecule has 11 heteroatoms. The summed E-state index contributed by atoms with van der Waals surface area (Å²) in [7, 11) is 0. The van der Waals surface area contributed by atoms with Gasteiger partial charge in [0.25, 0.3) is 0 Å². The van der Waals surface area contributed by atoms with Gasteiger partial charge in [-0.05, 0) is 24.6 Å². The van der Waals surface area contributed by atoms with Crippen molar-refractivity contribution in [2.24, 2.45) is 4.99 Å². The van der Waals surface area contributed by atoms with E-state index in [0.29, 0.717) is 49.5 Å². The highest BCUT2D eigenvalue weighted by Crippen LogP contribution is 2.32.